The van der Waals surface area contributed by atoms with Crippen LogP contribution in [0.25, 0.3) is 0 Å². The van der Waals surface area contributed by atoms with Crippen molar-refractivity contribution in [1.29, 1.82) is 0 Å². The van der Waals surface area contributed by atoms with Crippen molar-refractivity contribution in [3.63, 3.8) is 0 Å². The molecule has 6 heteroatoms. The second kappa shape index (κ2) is 11.9. The van der Waals surface area contributed by atoms with Gasteiger partial charge in [-0.15, -0.1) is 0 Å². The second-order valence-corrected chi connectivity index (χ2v) is 9.15. The minimum absolute atomic E-state index is 0.00713. The molecule has 2 rings (SSSR count). The third-order valence-electron chi connectivity index (χ3n) is 5.06. The predicted octanol–water partition coefficient (Wildman–Crippen LogP) is 4.94. The molecule has 0 radical (unpaired) electrons. The average molecular weight is 489 g/mol. The van der Waals surface area contributed by atoms with Crippen molar-refractivity contribution in [3.05, 3.63) is 64.1 Å². The molecule has 0 aromatic heterocycles. The van der Waals surface area contributed by atoms with E-state index >= 15 is 0 Å². The lowest BCUT2D eigenvalue weighted by Gasteiger charge is -2.29. The number of hydrogen-bond acceptors (Lipinski definition) is 3. The zero-order valence-corrected chi connectivity index (χ0v) is 20.6. The van der Waals surface area contributed by atoms with E-state index in [9.17, 15) is 9.59 Å². The van der Waals surface area contributed by atoms with Gasteiger partial charge in [-0.1, -0.05) is 50.2 Å². The lowest BCUT2D eigenvalue weighted by Crippen LogP contribution is -2.51. The standard InChI is InChI=1S/C25H33BrN2O3/c1-17(2)21-11-12-23(22(26)15-21)31-16-24(29)28(19(5)25(30)27-18(3)4)14-13-20-9-7-6-8-10-20/h6-12,15,17-19H,13-14,16H2,1-5H3,(H,27,30). The van der Waals surface area contributed by atoms with Crippen LogP contribution in [0.15, 0.2) is 53.0 Å². The third-order valence-corrected chi connectivity index (χ3v) is 5.68. The summed E-state index contributed by atoms with van der Waals surface area (Å²) < 4.78 is 6.62. The van der Waals surface area contributed by atoms with Gasteiger partial charge in [0.05, 0.1) is 4.47 Å². The molecule has 1 unspecified atom stereocenters. The Balaban J connectivity index is 2.10. The molecule has 31 heavy (non-hydrogen) atoms. The summed E-state index contributed by atoms with van der Waals surface area (Å²) in [5.41, 5.74) is 2.30. The van der Waals surface area contributed by atoms with E-state index in [2.05, 4.69) is 35.1 Å². The van der Waals surface area contributed by atoms with Gasteiger partial charge in [0, 0.05) is 12.6 Å². The van der Waals surface area contributed by atoms with Crippen LogP contribution in [0.4, 0.5) is 0 Å². The van der Waals surface area contributed by atoms with E-state index in [1.165, 1.54) is 5.56 Å². The molecule has 0 spiro atoms. The Kier molecular flexibility index (Phi) is 9.56. The molecular weight excluding hydrogens is 456 g/mol. The normalized spacial score (nSPS) is 12.0. The summed E-state index contributed by atoms with van der Waals surface area (Å²) in [7, 11) is 0. The number of rotatable bonds is 10. The fraction of sp³-hybridized carbons (Fsp3) is 0.440. The van der Waals surface area contributed by atoms with Crippen LogP contribution in [0.5, 0.6) is 5.75 Å². The quantitative estimate of drug-likeness (QED) is 0.515. The number of nitrogens with zero attached hydrogens (tertiary/aromatic N) is 1. The molecule has 0 bridgehead atoms. The van der Waals surface area contributed by atoms with Crippen LogP contribution < -0.4 is 10.1 Å². The van der Waals surface area contributed by atoms with Crippen LogP contribution >= 0.6 is 15.9 Å². The maximum atomic E-state index is 13.1. The monoisotopic (exact) mass is 488 g/mol. The van der Waals surface area contributed by atoms with E-state index in [1.807, 2.05) is 62.4 Å². The highest BCUT2D eigenvalue weighted by atomic mass is 79.9. The number of nitrogens with one attached hydrogen (secondary N) is 1. The molecular formula is C25H33BrN2O3. The summed E-state index contributed by atoms with van der Waals surface area (Å²) in [6.07, 6.45) is 0.665. The van der Waals surface area contributed by atoms with Crippen molar-refractivity contribution < 1.29 is 14.3 Å². The van der Waals surface area contributed by atoms with E-state index in [0.29, 0.717) is 24.6 Å². The number of ether oxygens (including phenoxy) is 1. The van der Waals surface area contributed by atoms with E-state index < -0.39 is 6.04 Å². The number of benzene rings is 2. The van der Waals surface area contributed by atoms with E-state index in [-0.39, 0.29) is 24.5 Å². The molecule has 5 nitrogen and oxygen atoms in total. The van der Waals surface area contributed by atoms with Crippen LogP contribution in [0.1, 0.15) is 51.7 Å². The van der Waals surface area contributed by atoms with Crippen LogP contribution in [-0.2, 0) is 16.0 Å². The van der Waals surface area contributed by atoms with Gasteiger partial charge in [0.15, 0.2) is 6.61 Å². The molecule has 1 atom stereocenters. The minimum Gasteiger partial charge on any atom is -0.483 e. The summed E-state index contributed by atoms with van der Waals surface area (Å²) in [5.74, 6) is 0.627. The molecule has 2 aromatic carbocycles. The van der Waals surface area contributed by atoms with Crippen LogP contribution in [-0.4, -0.2) is 41.9 Å². The van der Waals surface area contributed by atoms with Gasteiger partial charge in [-0.3, -0.25) is 9.59 Å². The molecule has 2 amide bonds. The van der Waals surface area contributed by atoms with Gasteiger partial charge in [0.1, 0.15) is 11.8 Å². The van der Waals surface area contributed by atoms with Crippen LogP contribution in [0.3, 0.4) is 0 Å². The van der Waals surface area contributed by atoms with Crippen molar-refractivity contribution in [2.75, 3.05) is 13.2 Å². The van der Waals surface area contributed by atoms with E-state index in [1.54, 1.807) is 11.8 Å². The van der Waals surface area contributed by atoms with E-state index in [4.69, 9.17) is 4.74 Å². The summed E-state index contributed by atoms with van der Waals surface area (Å²) in [6, 6.07) is 15.2. The zero-order valence-electron chi connectivity index (χ0n) is 19.0. The topological polar surface area (TPSA) is 58.6 Å². The lowest BCUT2D eigenvalue weighted by atomic mass is 10.0. The van der Waals surface area contributed by atoms with Crippen LogP contribution in [0.2, 0.25) is 0 Å². The molecule has 0 saturated carbocycles. The molecule has 0 fully saturated rings. The van der Waals surface area contributed by atoms with Gasteiger partial charge >= 0.3 is 0 Å². The Hall–Kier alpha value is -2.34. The Morgan fingerprint density at radius 1 is 1.03 bits per heavy atom. The van der Waals surface area contributed by atoms with E-state index in [0.717, 1.165) is 10.0 Å². The predicted molar refractivity (Wildman–Crippen MR) is 128 cm³/mol. The van der Waals surface area contributed by atoms with Crippen molar-refractivity contribution in [2.24, 2.45) is 0 Å². The summed E-state index contributed by atoms with van der Waals surface area (Å²) >= 11 is 3.53. The first-order valence-corrected chi connectivity index (χ1v) is 11.5. The number of carbonyl (C=O) groups excluding carboxylic acids is 2. The molecule has 1 N–H and O–H groups in total. The van der Waals surface area contributed by atoms with Gasteiger partial charge < -0.3 is 15.0 Å². The van der Waals surface area contributed by atoms with Crippen LogP contribution in [0, 0.1) is 0 Å². The van der Waals surface area contributed by atoms with Gasteiger partial charge in [-0.05, 0) is 72.3 Å². The number of carbonyl (C=O) groups is 2. The molecule has 0 aliphatic heterocycles. The Bertz CT molecular complexity index is 868. The fourth-order valence-electron chi connectivity index (χ4n) is 3.19. The molecule has 0 aliphatic carbocycles. The summed E-state index contributed by atoms with van der Waals surface area (Å²) in [6.45, 7) is 10.1. The Morgan fingerprint density at radius 2 is 1.71 bits per heavy atom. The minimum atomic E-state index is -0.589. The maximum Gasteiger partial charge on any atom is 0.261 e. The van der Waals surface area contributed by atoms with Crippen molar-refractivity contribution in [1.82, 2.24) is 10.2 Å². The zero-order chi connectivity index (χ0) is 23.0. The second-order valence-electron chi connectivity index (χ2n) is 8.30. The Labute approximate surface area is 194 Å². The number of hydrogen-bond donors (Lipinski definition) is 1. The van der Waals surface area contributed by atoms with Gasteiger partial charge in [0.25, 0.3) is 5.91 Å². The molecule has 0 heterocycles. The molecule has 0 saturated heterocycles. The van der Waals surface area contributed by atoms with Crippen molar-refractivity contribution >= 4 is 27.7 Å². The molecule has 0 aliphatic rings. The van der Waals surface area contributed by atoms with Gasteiger partial charge in [-0.25, -0.2) is 0 Å². The largest absolute Gasteiger partial charge is 0.483 e. The Morgan fingerprint density at radius 3 is 2.29 bits per heavy atom. The SMILES string of the molecule is CC(C)NC(=O)C(C)N(CCc1ccccc1)C(=O)COc1ccc(C(C)C)cc1Br. The maximum absolute atomic E-state index is 13.1. The van der Waals surface area contributed by atoms with Gasteiger partial charge in [-0.2, -0.15) is 0 Å². The first kappa shape index (κ1) is 24.9. The molecule has 2 aromatic rings. The van der Waals surface area contributed by atoms with Crippen molar-refractivity contribution in [3.8, 4) is 5.75 Å². The highest BCUT2D eigenvalue weighted by molar-refractivity contribution is 9.10. The fourth-order valence-corrected chi connectivity index (χ4v) is 3.70. The molecule has 168 valence electrons. The smallest absolute Gasteiger partial charge is 0.261 e. The average Bonchev–Trinajstić information content (AvgIpc) is 2.72. The van der Waals surface area contributed by atoms with Gasteiger partial charge in [0.2, 0.25) is 5.91 Å². The summed E-state index contributed by atoms with van der Waals surface area (Å²) in [5, 5.41) is 2.89. The first-order chi connectivity index (χ1) is 14.7. The summed E-state index contributed by atoms with van der Waals surface area (Å²) in [4.78, 5) is 27.2. The highest BCUT2D eigenvalue weighted by Crippen LogP contribution is 2.29. The number of amides is 2. The lowest BCUT2D eigenvalue weighted by molar-refractivity contribution is -0.141. The first-order valence-electron chi connectivity index (χ1n) is 10.7. The third kappa shape index (κ3) is 7.69. The van der Waals surface area contributed by atoms with Crippen molar-refractivity contribution in [2.45, 2.75) is 59.0 Å². The number of halogens is 1. The highest BCUT2D eigenvalue weighted by Gasteiger charge is 2.26.